The smallest absolute Gasteiger partial charge is 0.171 e. The van der Waals surface area contributed by atoms with Gasteiger partial charge in [-0.25, -0.2) is 0 Å². The Morgan fingerprint density at radius 3 is 2.81 bits per heavy atom. The lowest BCUT2D eigenvalue weighted by atomic mass is 9.72. The van der Waals surface area contributed by atoms with E-state index >= 15 is 0 Å². The summed E-state index contributed by atoms with van der Waals surface area (Å²) < 4.78 is 11.7. The lowest BCUT2D eigenvalue weighted by molar-refractivity contribution is -0.194. The summed E-state index contributed by atoms with van der Waals surface area (Å²) in [4.78, 5) is 12.1. The summed E-state index contributed by atoms with van der Waals surface area (Å²) in [7, 11) is 0. The van der Waals surface area contributed by atoms with Crippen molar-refractivity contribution in [1.29, 1.82) is 0 Å². The molecule has 16 heavy (non-hydrogen) atoms. The van der Waals surface area contributed by atoms with Crippen LogP contribution in [0.2, 0.25) is 0 Å². The summed E-state index contributed by atoms with van der Waals surface area (Å²) in [5.74, 6) is 1.19. The van der Waals surface area contributed by atoms with Crippen molar-refractivity contribution in [2.45, 2.75) is 44.8 Å². The number of carbonyl (C=O) groups is 1. The van der Waals surface area contributed by atoms with E-state index in [4.69, 9.17) is 9.47 Å². The fourth-order valence-electron chi connectivity index (χ4n) is 3.80. The number of hydrogen-bond acceptors (Lipinski definition) is 3. The van der Waals surface area contributed by atoms with E-state index in [1.807, 2.05) is 0 Å². The number of rotatable bonds is 1. The van der Waals surface area contributed by atoms with Gasteiger partial charge in [-0.1, -0.05) is 13.3 Å². The van der Waals surface area contributed by atoms with Crippen LogP contribution >= 0.6 is 0 Å². The van der Waals surface area contributed by atoms with Gasteiger partial charge >= 0.3 is 0 Å². The molecule has 3 nitrogen and oxygen atoms in total. The first-order valence-electron chi connectivity index (χ1n) is 6.56. The lowest BCUT2D eigenvalue weighted by Gasteiger charge is -2.37. The maximum Gasteiger partial charge on any atom is 0.171 e. The van der Waals surface area contributed by atoms with Crippen molar-refractivity contribution in [2.75, 3.05) is 13.2 Å². The van der Waals surface area contributed by atoms with E-state index in [9.17, 15) is 4.79 Å². The summed E-state index contributed by atoms with van der Waals surface area (Å²) in [5, 5.41) is 0. The molecule has 0 unspecified atom stereocenters. The maximum absolute atomic E-state index is 12.1. The van der Waals surface area contributed by atoms with Crippen LogP contribution in [0.15, 0.2) is 0 Å². The summed E-state index contributed by atoms with van der Waals surface area (Å²) in [5.41, 5.74) is 0. The predicted molar refractivity (Wildman–Crippen MR) is 58.9 cm³/mol. The third-order valence-electron chi connectivity index (χ3n) is 4.70. The first-order chi connectivity index (χ1) is 7.75. The first kappa shape index (κ1) is 10.7. The van der Waals surface area contributed by atoms with E-state index in [1.54, 1.807) is 0 Å². The zero-order chi connectivity index (χ0) is 11.2. The van der Waals surface area contributed by atoms with Gasteiger partial charge in [0.1, 0.15) is 5.78 Å². The highest BCUT2D eigenvalue weighted by Crippen LogP contribution is 2.52. The number of ketones is 1. The van der Waals surface area contributed by atoms with Crippen LogP contribution in [0, 0.1) is 17.8 Å². The second kappa shape index (κ2) is 3.81. The molecular weight excluding hydrogens is 204 g/mol. The summed E-state index contributed by atoms with van der Waals surface area (Å²) in [6.07, 6.45) is 4.90. The molecule has 0 aromatic carbocycles. The third-order valence-corrected chi connectivity index (χ3v) is 4.70. The Balaban J connectivity index is 1.84. The SMILES string of the molecule is CC[C@H]1CC(=O)[C@@H]2CCC3(OCCO3)[C@H]2C1. The Morgan fingerprint density at radius 1 is 1.38 bits per heavy atom. The van der Waals surface area contributed by atoms with E-state index in [0.29, 0.717) is 30.8 Å². The molecule has 3 fully saturated rings. The Kier molecular flexibility index (Phi) is 2.55. The number of ether oxygens (including phenoxy) is 2. The largest absolute Gasteiger partial charge is 0.347 e. The van der Waals surface area contributed by atoms with Gasteiger partial charge in [-0.3, -0.25) is 4.79 Å². The molecule has 2 aliphatic carbocycles. The minimum Gasteiger partial charge on any atom is -0.347 e. The van der Waals surface area contributed by atoms with Crippen LogP contribution in [-0.4, -0.2) is 24.8 Å². The molecular formula is C13H20O3. The highest BCUT2D eigenvalue weighted by atomic mass is 16.7. The average Bonchev–Trinajstić information content (AvgIpc) is 2.89. The van der Waals surface area contributed by atoms with Gasteiger partial charge in [-0.15, -0.1) is 0 Å². The van der Waals surface area contributed by atoms with Gasteiger partial charge in [0, 0.05) is 24.7 Å². The maximum atomic E-state index is 12.1. The molecule has 3 heteroatoms. The molecule has 0 radical (unpaired) electrons. The van der Waals surface area contributed by atoms with Gasteiger partial charge in [-0.2, -0.15) is 0 Å². The van der Waals surface area contributed by atoms with Gasteiger partial charge in [0.15, 0.2) is 5.79 Å². The molecule has 0 bridgehead atoms. The van der Waals surface area contributed by atoms with Crippen molar-refractivity contribution in [1.82, 2.24) is 0 Å². The van der Waals surface area contributed by atoms with Crippen molar-refractivity contribution in [3.63, 3.8) is 0 Å². The Bertz CT molecular complexity index is 294. The fourth-order valence-corrected chi connectivity index (χ4v) is 3.80. The Labute approximate surface area is 96.5 Å². The number of hydrogen-bond donors (Lipinski definition) is 0. The quantitative estimate of drug-likeness (QED) is 0.684. The van der Waals surface area contributed by atoms with Crippen molar-refractivity contribution in [3.8, 4) is 0 Å². The van der Waals surface area contributed by atoms with Crippen molar-refractivity contribution in [2.24, 2.45) is 17.8 Å². The van der Waals surface area contributed by atoms with Crippen LogP contribution in [-0.2, 0) is 14.3 Å². The van der Waals surface area contributed by atoms with Gasteiger partial charge < -0.3 is 9.47 Å². The van der Waals surface area contributed by atoms with Crippen LogP contribution in [0.25, 0.3) is 0 Å². The van der Waals surface area contributed by atoms with Crippen LogP contribution in [0.4, 0.5) is 0 Å². The van der Waals surface area contributed by atoms with Gasteiger partial charge in [0.25, 0.3) is 0 Å². The molecule has 3 rings (SSSR count). The van der Waals surface area contributed by atoms with E-state index in [0.717, 1.165) is 32.1 Å². The van der Waals surface area contributed by atoms with Crippen LogP contribution in [0.1, 0.15) is 39.0 Å². The molecule has 90 valence electrons. The minimum atomic E-state index is -0.381. The molecule has 1 saturated heterocycles. The van der Waals surface area contributed by atoms with E-state index < -0.39 is 0 Å². The molecule has 0 amide bonds. The van der Waals surface area contributed by atoms with E-state index in [1.165, 1.54) is 0 Å². The van der Waals surface area contributed by atoms with Crippen molar-refractivity contribution >= 4 is 5.78 Å². The van der Waals surface area contributed by atoms with Crippen LogP contribution in [0.5, 0.6) is 0 Å². The average molecular weight is 224 g/mol. The molecule has 1 heterocycles. The molecule has 2 saturated carbocycles. The van der Waals surface area contributed by atoms with Gasteiger partial charge in [0.2, 0.25) is 0 Å². The van der Waals surface area contributed by atoms with Crippen LogP contribution < -0.4 is 0 Å². The molecule has 1 spiro atoms. The summed E-state index contributed by atoms with van der Waals surface area (Å²) in [6, 6.07) is 0. The molecule has 0 aromatic heterocycles. The Hall–Kier alpha value is -0.410. The van der Waals surface area contributed by atoms with Crippen molar-refractivity contribution in [3.05, 3.63) is 0 Å². The zero-order valence-corrected chi connectivity index (χ0v) is 9.91. The van der Waals surface area contributed by atoms with Gasteiger partial charge in [0.05, 0.1) is 13.2 Å². The highest BCUT2D eigenvalue weighted by Gasteiger charge is 2.56. The molecule has 0 aromatic rings. The monoisotopic (exact) mass is 224 g/mol. The minimum absolute atomic E-state index is 0.223. The first-order valence-corrected chi connectivity index (χ1v) is 6.56. The summed E-state index contributed by atoms with van der Waals surface area (Å²) in [6.45, 7) is 3.58. The zero-order valence-electron chi connectivity index (χ0n) is 9.91. The number of fused-ring (bicyclic) bond motifs is 2. The molecule has 0 N–H and O–H groups in total. The number of Topliss-reactive ketones (excluding diaryl/α,β-unsaturated/α-hetero) is 1. The third kappa shape index (κ3) is 1.45. The second-order valence-electron chi connectivity index (χ2n) is 5.44. The molecule has 3 atom stereocenters. The second-order valence-corrected chi connectivity index (χ2v) is 5.44. The van der Waals surface area contributed by atoms with E-state index in [2.05, 4.69) is 6.92 Å². The van der Waals surface area contributed by atoms with Crippen molar-refractivity contribution < 1.29 is 14.3 Å². The molecule has 1 aliphatic heterocycles. The summed E-state index contributed by atoms with van der Waals surface area (Å²) >= 11 is 0. The Morgan fingerprint density at radius 2 is 2.12 bits per heavy atom. The normalized spacial score (nSPS) is 41.6. The van der Waals surface area contributed by atoms with Crippen LogP contribution in [0.3, 0.4) is 0 Å². The fraction of sp³-hybridized carbons (Fsp3) is 0.923. The number of carbonyl (C=O) groups excluding carboxylic acids is 1. The molecule has 3 aliphatic rings. The van der Waals surface area contributed by atoms with Gasteiger partial charge in [-0.05, 0) is 18.8 Å². The topological polar surface area (TPSA) is 35.5 Å². The lowest BCUT2D eigenvalue weighted by Crippen LogP contribution is -2.42. The predicted octanol–water partition coefficient (Wildman–Crippen LogP) is 2.14. The highest BCUT2D eigenvalue weighted by molar-refractivity contribution is 5.82. The van der Waals surface area contributed by atoms with E-state index in [-0.39, 0.29) is 11.7 Å². The standard InChI is InChI=1S/C13H20O3/c1-2-9-7-11-10(12(14)8-9)3-4-13(11)15-5-6-16-13/h9-11H,2-8H2,1H3/t9-,10-,11+/m1/s1.